The van der Waals surface area contributed by atoms with Gasteiger partial charge in [0.2, 0.25) is 0 Å². The highest BCUT2D eigenvalue weighted by Crippen LogP contribution is 2.26. The second-order valence-electron chi connectivity index (χ2n) is 5.04. The van der Waals surface area contributed by atoms with Gasteiger partial charge < -0.3 is 10.5 Å². The molecule has 0 atom stereocenters. The van der Waals surface area contributed by atoms with Gasteiger partial charge in [-0.05, 0) is 43.2 Å². The topological polar surface area (TPSA) is 65.2 Å². The van der Waals surface area contributed by atoms with Gasteiger partial charge in [-0.3, -0.25) is 0 Å². The second-order valence-corrected chi connectivity index (χ2v) is 5.04. The van der Waals surface area contributed by atoms with Crippen LogP contribution in [0.3, 0.4) is 0 Å². The van der Waals surface area contributed by atoms with Crippen molar-refractivity contribution in [3.63, 3.8) is 0 Å². The lowest BCUT2D eigenvalue weighted by Crippen LogP contribution is -2.24. The fraction of sp³-hybridized carbons (Fsp3) is 0.571. The van der Waals surface area contributed by atoms with Crippen LogP contribution >= 0.6 is 0 Å². The van der Waals surface area contributed by atoms with Crippen LogP contribution in [0.2, 0.25) is 0 Å². The maximum absolute atomic E-state index is 11.9. The van der Waals surface area contributed by atoms with Crippen LogP contribution in [0.4, 0.5) is 0 Å². The molecule has 1 aliphatic carbocycles. The van der Waals surface area contributed by atoms with Crippen LogP contribution in [0.15, 0.2) is 18.3 Å². The third-order valence-corrected chi connectivity index (χ3v) is 3.51. The summed E-state index contributed by atoms with van der Waals surface area (Å²) >= 11 is 0. The van der Waals surface area contributed by atoms with Crippen LogP contribution < -0.4 is 5.73 Å². The molecule has 98 valence electrons. The van der Waals surface area contributed by atoms with Gasteiger partial charge in [0.15, 0.2) is 0 Å². The van der Waals surface area contributed by atoms with Crippen LogP contribution in [0.1, 0.15) is 48.7 Å². The summed E-state index contributed by atoms with van der Waals surface area (Å²) in [6.07, 6.45) is 5.89. The molecule has 2 N–H and O–H groups in total. The van der Waals surface area contributed by atoms with Gasteiger partial charge in [-0.2, -0.15) is 0 Å². The van der Waals surface area contributed by atoms with Gasteiger partial charge in [-0.25, -0.2) is 9.78 Å². The lowest BCUT2D eigenvalue weighted by atomic mass is 9.89. The van der Waals surface area contributed by atoms with Crippen molar-refractivity contribution in [3.05, 3.63) is 29.6 Å². The summed E-state index contributed by atoms with van der Waals surface area (Å²) in [7, 11) is 0. The molecular weight excluding hydrogens is 228 g/mol. The number of aromatic nitrogens is 1. The standard InChI is InChI=1S/C14H20N2O2/c1-10-2-5-12(6-3-10)18-14(17)13-7-4-11(8-15)9-16-13/h4,7,9-10,12H,2-3,5-6,8,15H2,1H3. The van der Waals surface area contributed by atoms with E-state index in [2.05, 4.69) is 11.9 Å². The SMILES string of the molecule is CC1CCC(OC(=O)c2ccc(CN)cn2)CC1. The maximum Gasteiger partial charge on any atom is 0.357 e. The fourth-order valence-electron chi connectivity index (χ4n) is 2.23. The Morgan fingerprint density at radius 3 is 2.67 bits per heavy atom. The summed E-state index contributed by atoms with van der Waals surface area (Å²) in [6.45, 7) is 2.67. The van der Waals surface area contributed by atoms with Gasteiger partial charge in [0.1, 0.15) is 11.8 Å². The summed E-state index contributed by atoms with van der Waals surface area (Å²) in [5.74, 6) is 0.431. The molecular formula is C14H20N2O2. The summed E-state index contributed by atoms with van der Waals surface area (Å²) in [6, 6.07) is 3.49. The van der Waals surface area contributed by atoms with Crippen molar-refractivity contribution in [2.24, 2.45) is 11.7 Å². The molecule has 4 heteroatoms. The van der Waals surface area contributed by atoms with E-state index in [0.717, 1.165) is 37.2 Å². The van der Waals surface area contributed by atoms with E-state index in [4.69, 9.17) is 10.5 Å². The molecule has 1 saturated carbocycles. The van der Waals surface area contributed by atoms with Crippen LogP contribution in [-0.2, 0) is 11.3 Å². The number of carbonyl (C=O) groups is 1. The number of nitrogens with zero attached hydrogens (tertiary/aromatic N) is 1. The molecule has 0 aliphatic heterocycles. The predicted molar refractivity (Wildman–Crippen MR) is 69.0 cm³/mol. The number of ether oxygens (including phenoxy) is 1. The average Bonchev–Trinajstić information content (AvgIpc) is 2.41. The third kappa shape index (κ3) is 3.29. The molecule has 0 unspecified atom stereocenters. The molecule has 2 rings (SSSR count). The van der Waals surface area contributed by atoms with E-state index in [0.29, 0.717) is 12.2 Å². The Morgan fingerprint density at radius 2 is 2.11 bits per heavy atom. The first-order chi connectivity index (χ1) is 8.69. The van der Waals surface area contributed by atoms with E-state index in [-0.39, 0.29) is 12.1 Å². The van der Waals surface area contributed by atoms with Gasteiger partial charge in [0.25, 0.3) is 0 Å². The first-order valence-corrected chi connectivity index (χ1v) is 6.55. The Labute approximate surface area is 108 Å². The van der Waals surface area contributed by atoms with E-state index >= 15 is 0 Å². The number of carbonyl (C=O) groups excluding carboxylic acids is 1. The van der Waals surface area contributed by atoms with Crippen LogP contribution in [0, 0.1) is 5.92 Å². The van der Waals surface area contributed by atoms with E-state index in [1.165, 1.54) is 0 Å². The predicted octanol–water partition coefficient (Wildman–Crippen LogP) is 2.28. The normalized spacial score (nSPS) is 23.7. The number of esters is 1. The first kappa shape index (κ1) is 13.0. The highest BCUT2D eigenvalue weighted by Gasteiger charge is 2.22. The van der Waals surface area contributed by atoms with E-state index in [1.807, 2.05) is 6.07 Å². The second kappa shape index (κ2) is 5.96. The molecule has 0 aromatic carbocycles. The number of hydrogen-bond acceptors (Lipinski definition) is 4. The largest absolute Gasteiger partial charge is 0.458 e. The van der Waals surface area contributed by atoms with E-state index in [1.54, 1.807) is 12.3 Å². The Balaban J connectivity index is 1.90. The van der Waals surface area contributed by atoms with Gasteiger partial charge in [-0.1, -0.05) is 13.0 Å². The number of pyridine rings is 1. The molecule has 1 fully saturated rings. The van der Waals surface area contributed by atoms with E-state index in [9.17, 15) is 4.79 Å². The fourth-order valence-corrected chi connectivity index (χ4v) is 2.23. The van der Waals surface area contributed by atoms with Crippen molar-refractivity contribution >= 4 is 5.97 Å². The van der Waals surface area contributed by atoms with Crippen molar-refractivity contribution in [1.29, 1.82) is 0 Å². The molecule has 1 aromatic heterocycles. The zero-order valence-electron chi connectivity index (χ0n) is 10.8. The molecule has 0 bridgehead atoms. The van der Waals surface area contributed by atoms with Gasteiger partial charge in [-0.15, -0.1) is 0 Å². The zero-order valence-corrected chi connectivity index (χ0v) is 10.8. The van der Waals surface area contributed by atoms with Crippen LogP contribution in [0.25, 0.3) is 0 Å². The van der Waals surface area contributed by atoms with Crippen molar-refractivity contribution in [1.82, 2.24) is 4.98 Å². The molecule has 0 saturated heterocycles. The Hall–Kier alpha value is -1.42. The average molecular weight is 248 g/mol. The Kier molecular flexibility index (Phi) is 4.31. The van der Waals surface area contributed by atoms with Crippen LogP contribution in [-0.4, -0.2) is 17.1 Å². The molecule has 0 amide bonds. The van der Waals surface area contributed by atoms with Crippen LogP contribution in [0.5, 0.6) is 0 Å². The van der Waals surface area contributed by atoms with Gasteiger partial charge in [0, 0.05) is 12.7 Å². The number of rotatable bonds is 3. The minimum absolute atomic E-state index is 0.0599. The van der Waals surface area contributed by atoms with Crippen molar-refractivity contribution < 1.29 is 9.53 Å². The van der Waals surface area contributed by atoms with Gasteiger partial charge in [0.05, 0.1) is 0 Å². The molecule has 4 nitrogen and oxygen atoms in total. The lowest BCUT2D eigenvalue weighted by molar-refractivity contribution is 0.0167. The Morgan fingerprint density at radius 1 is 1.39 bits per heavy atom. The maximum atomic E-state index is 11.9. The summed E-state index contributed by atoms with van der Waals surface area (Å²) < 4.78 is 5.47. The molecule has 18 heavy (non-hydrogen) atoms. The number of hydrogen-bond donors (Lipinski definition) is 1. The summed E-state index contributed by atoms with van der Waals surface area (Å²) in [5, 5.41) is 0. The van der Waals surface area contributed by atoms with Crippen molar-refractivity contribution in [2.75, 3.05) is 0 Å². The molecule has 1 aromatic rings. The Bertz CT molecular complexity index is 395. The highest BCUT2D eigenvalue weighted by atomic mass is 16.5. The van der Waals surface area contributed by atoms with Crippen molar-refractivity contribution in [3.8, 4) is 0 Å². The smallest absolute Gasteiger partial charge is 0.357 e. The zero-order chi connectivity index (χ0) is 13.0. The third-order valence-electron chi connectivity index (χ3n) is 3.51. The highest BCUT2D eigenvalue weighted by molar-refractivity contribution is 5.87. The quantitative estimate of drug-likeness (QED) is 0.833. The molecule has 1 aliphatic rings. The molecule has 0 radical (unpaired) electrons. The minimum Gasteiger partial charge on any atom is -0.458 e. The lowest BCUT2D eigenvalue weighted by Gasteiger charge is -2.25. The monoisotopic (exact) mass is 248 g/mol. The number of nitrogens with two attached hydrogens (primary N) is 1. The van der Waals surface area contributed by atoms with Crippen molar-refractivity contribution in [2.45, 2.75) is 45.3 Å². The first-order valence-electron chi connectivity index (χ1n) is 6.55. The minimum atomic E-state index is -0.321. The van der Waals surface area contributed by atoms with E-state index < -0.39 is 0 Å². The summed E-state index contributed by atoms with van der Waals surface area (Å²) in [4.78, 5) is 16.0. The van der Waals surface area contributed by atoms with Gasteiger partial charge >= 0.3 is 5.97 Å². The molecule has 0 spiro atoms. The summed E-state index contributed by atoms with van der Waals surface area (Å²) in [5.41, 5.74) is 6.76. The molecule has 1 heterocycles.